The number of anilines is 1. The Labute approximate surface area is 302 Å². The first kappa shape index (κ1) is 36.6. The smallest absolute Gasteiger partial charge is 0.308 e. The van der Waals surface area contributed by atoms with Gasteiger partial charge in [-0.3, -0.25) is 19.3 Å². The molecule has 3 heterocycles. The zero-order chi connectivity index (χ0) is 35.4. The minimum Gasteiger partial charge on any atom is -0.466 e. The molecule has 2 aliphatic heterocycles. The summed E-state index contributed by atoms with van der Waals surface area (Å²) in [5, 5.41) is 4.10. The third-order valence-corrected chi connectivity index (χ3v) is 10.9. The van der Waals surface area contributed by atoms with E-state index in [0.29, 0.717) is 71.9 Å². The van der Waals surface area contributed by atoms with E-state index in [-0.39, 0.29) is 65.7 Å². The van der Waals surface area contributed by atoms with Crippen LogP contribution in [0.3, 0.4) is 0 Å². The fraction of sp³-hybridized carbons (Fsp3) is 0.541. The highest BCUT2D eigenvalue weighted by Crippen LogP contribution is 2.35. The summed E-state index contributed by atoms with van der Waals surface area (Å²) in [4.78, 5) is 43.7. The van der Waals surface area contributed by atoms with Crippen LogP contribution < -0.4 is 5.32 Å². The lowest BCUT2D eigenvalue weighted by atomic mass is 9.87. The molecular formula is C37H45Cl2N3O8. The molecule has 2 saturated heterocycles. The standard InChI is InChI=1S/C37H45Cl2N3O8/c1-4-48-37(45)22-11-13-24(14-12-22)50-36(41-19-32(46-2)33(20-41)47-3)30-9-7-15-42(30)34(43)17-23-16-28(39)29(18-27(23)38)40-35(44)26-21-49-31-10-6-5-8-25(26)31/h5-6,8,10,16,18,21-22,24,30,32-33,36H,4,7,9,11-15,17,19-20H2,1-3H3,(H,40,44)/t22-,24-,30-,32-,33+,36?/m0/s1. The molecule has 1 N–H and O–H groups in total. The molecule has 2 aromatic carbocycles. The highest BCUT2D eigenvalue weighted by molar-refractivity contribution is 6.36. The number of hydrogen-bond acceptors (Lipinski definition) is 9. The molecule has 3 fully saturated rings. The first-order valence-electron chi connectivity index (χ1n) is 17.4. The molecule has 1 saturated carbocycles. The summed E-state index contributed by atoms with van der Waals surface area (Å²) in [5.41, 5.74) is 1.88. The van der Waals surface area contributed by atoms with E-state index >= 15 is 0 Å². The first-order valence-corrected chi connectivity index (χ1v) is 18.1. The van der Waals surface area contributed by atoms with Gasteiger partial charge >= 0.3 is 5.97 Å². The second-order valence-electron chi connectivity index (χ2n) is 13.3. The molecule has 0 radical (unpaired) electrons. The van der Waals surface area contributed by atoms with Crippen LogP contribution in [0.4, 0.5) is 5.69 Å². The lowest BCUT2D eigenvalue weighted by Gasteiger charge is -2.40. The van der Waals surface area contributed by atoms with Gasteiger partial charge in [0.1, 0.15) is 18.1 Å². The molecule has 1 aliphatic carbocycles. The maximum absolute atomic E-state index is 14.0. The number of esters is 1. The minimum absolute atomic E-state index is 0.0361. The maximum atomic E-state index is 14.0. The van der Waals surface area contributed by atoms with Crippen LogP contribution in [0.25, 0.3) is 11.0 Å². The van der Waals surface area contributed by atoms with Crippen molar-refractivity contribution in [2.45, 2.75) is 82.5 Å². The van der Waals surface area contributed by atoms with Gasteiger partial charge in [0.2, 0.25) is 5.91 Å². The topological polar surface area (TPSA) is 120 Å². The number of nitrogens with one attached hydrogen (secondary N) is 1. The number of furan rings is 1. The van der Waals surface area contributed by atoms with Gasteiger partial charge in [-0.05, 0) is 69.2 Å². The SMILES string of the molecule is CCOC(=O)[C@H]1CC[C@H](OC([C@@H]2CCCN2C(=O)Cc2cc(Cl)c(NC(=O)c3coc4ccccc34)cc2Cl)N2C[C@H](OC)[C@H](OC)C2)CC1. The number of likely N-dealkylation sites (tertiary alicyclic amines) is 2. The summed E-state index contributed by atoms with van der Waals surface area (Å²) in [6, 6.07) is 10.3. The van der Waals surface area contributed by atoms with Crippen molar-refractivity contribution < 1.29 is 37.7 Å². The first-order chi connectivity index (χ1) is 24.2. The van der Waals surface area contributed by atoms with Gasteiger partial charge in [-0.1, -0.05) is 41.4 Å². The van der Waals surface area contributed by atoms with Gasteiger partial charge in [0.15, 0.2) is 0 Å². The predicted molar refractivity (Wildman–Crippen MR) is 189 cm³/mol. The zero-order valence-electron chi connectivity index (χ0n) is 28.7. The largest absolute Gasteiger partial charge is 0.466 e. The second-order valence-corrected chi connectivity index (χ2v) is 14.1. The molecule has 2 amide bonds. The number of hydrogen-bond donors (Lipinski definition) is 1. The molecule has 0 spiro atoms. The van der Waals surface area contributed by atoms with E-state index in [1.165, 1.54) is 6.26 Å². The van der Waals surface area contributed by atoms with E-state index in [2.05, 4.69) is 10.2 Å². The van der Waals surface area contributed by atoms with Crippen molar-refractivity contribution in [1.82, 2.24) is 9.80 Å². The molecule has 3 aromatic rings. The average Bonchev–Trinajstić information content (AvgIpc) is 3.88. The fourth-order valence-corrected chi connectivity index (χ4v) is 8.03. The summed E-state index contributed by atoms with van der Waals surface area (Å²) in [6.07, 6.45) is 5.28. The van der Waals surface area contributed by atoms with Crippen molar-refractivity contribution in [2.75, 3.05) is 45.8 Å². The number of rotatable bonds is 12. The van der Waals surface area contributed by atoms with Crippen LogP contribution in [-0.2, 0) is 35.0 Å². The summed E-state index contributed by atoms with van der Waals surface area (Å²) in [7, 11) is 3.37. The third-order valence-electron chi connectivity index (χ3n) is 10.2. The van der Waals surface area contributed by atoms with Gasteiger partial charge in [-0.25, -0.2) is 0 Å². The molecule has 1 unspecified atom stereocenters. The number of ether oxygens (including phenoxy) is 4. The second kappa shape index (κ2) is 16.4. The van der Waals surface area contributed by atoms with E-state index < -0.39 is 0 Å². The Morgan fingerprint density at radius 2 is 1.70 bits per heavy atom. The van der Waals surface area contributed by atoms with Gasteiger partial charge in [0.25, 0.3) is 5.91 Å². The third kappa shape index (κ3) is 7.98. The van der Waals surface area contributed by atoms with Crippen LogP contribution in [0.1, 0.15) is 61.4 Å². The van der Waals surface area contributed by atoms with Gasteiger partial charge in [0, 0.05) is 44.3 Å². The van der Waals surface area contributed by atoms with Crippen molar-refractivity contribution in [2.24, 2.45) is 5.92 Å². The highest BCUT2D eigenvalue weighted by atomic mass is 35.5. The van der Waals surface area contributed by atoms with Crippen LogP contribution in [0, 0.1) is 5.92 Å². The molecule has 13 heteroatoms. The van der Waals surface area contributed by atoms with E-state index in [4.69, 9.17) is 46.6 Å². The molecule has 6 rings (SSSR count). The van der Waals surface area contributed by atoms with Gasteiger partial charge in [-0.2, -0.15) is 0 Å². The lowest BCUT2D eigenvalue weighted by molar-refractivity contribution is -0.160. The summed E-state index contributed by atoms with van der Waals surface area (Å²) >= 11 is 13.4. The Morgan fingerprint density at radius 1 is 0.980 bits per heavy atom. The van der Waals surface area contributed by atoms with Crippen molar-refractivity contribution >= 4 is 57.6 Å². The Bertz CT molecular complexity index is 1660. The zero-order valence-corrected chi connectivity index (χ0v) is 30.2. The maximum Gasteiger partial charge on any atom is 0.308 e. The van der Waals surface area contributed by atoms with Crippen LogP contribution >= 0.6 is 23.2 Å². The van der Waals surface area contributed by atoms with Crippen molar-refractivity contribution in [3.05, 3.63) is 63.8 Å². The summed E-state index contributed by atoms with van der Waals surface area (Å²) < 4.78 is 29.2. The number of methoxy groups -OCH3 is 2. The Kier molecular flexibility index (Phi) is 12.0. The molecule has 50 heavy (non-hydrogen) atoms. The normalized spacial score (nSPS) is 24.8. The lowest BCUT2D eigenvalue weighted by Crippen LogP contribution is -2.53. The summed E-state index contributed by atoms with van der Waals surface area (Å²) in [5.74, 6) is -0.716. The van der Waals surface area contributed by atoms with E-state index in [1.807, 2.05) is 30.0 Å². The van der Waals surface area contributed by atoms with Crippen LogP contribution in [0.2, 0.25) is 10.0 Å². The number of amides is 2. The molecular weight excluding hydrogens is 685 g/mol. The molecule has 3 aliphatic rings. The molecule has 11 nitrogen and oxygen atoms in total. The van der Waals surface area contributed by atoms with Gasteiger partial charge in [-0.15, -0.1) is 0 Å². The Morgan fingerprint density at radius 3 is 2.40 bits per heavy atom. The van der Waals surface area contributed by atoms with Gasteiger partial charge < -0.3 is 33.6 Å². The number of nitrogens with zero attached hydrogens (tertiary/aromatic N) is 2. The molecule has 1 aromatic heterocycles. The molecule has 270 valence electrons. The van der Waals surface area contributed by atoms with Crippen molar-refractivity contribution in [3.8, 4) is 0 Å². The Balaban J connectivity index is 1.15. The number of carbonyl (C=O) groups is 3. The van der Waals surface area contributed by atoms with Crippen LogP contribution in [0.5, 0.6) is 0 Å². The van der Waals surface area contributed by atoms with Gasteiger partial charge in [0.05, 0.1) is 59.6 Å². The van der Waals surface area contributed by atoms with E-state index in [1.54, 1.807) is 32.4 Å². The van der Waals surface area contributed by atoms with Crippen LogP contribution in [-0.4, -0.2) is 98.6 Å². The summed E-state index contributed by atoms with van der Waals surface area (Å²) in [6.45, 7) is 4.01. The number of para-hydroxylation sites is 1. The number of halogens is 2. The number of benzene rings is 2. The highest BCUT2D eigenvalue weighted by Gasteiger charge is 2.45. The van der Waals surface area contributed by atoms with E-state index in [0.717, 1.165) is 25.7 Å². The fourth-order valence-electron chi connectivity index (χ4n) is 7.57. The monoisotopic (exact) mass is 729 g/mol. The van der Waals surface area contributed by atoms with Crippen LogP contribution in [0.15, 0.2) is 47.1 Å². The molecule has 0 bridgehead atoms. The average molecular weight is 731 g/mol. The minimum atomic E-state index is -0.384. The number of fused-ring (bicyclic) bond motifs is 1. The number of carbonyl (C=O) groups excluding carboxylic acids is 3. The Hall–Kier alpha value is -3.19. The predicted octanol–water partition coefficient (Wildman–Crippen LogP) is 6.34. The van der Waals surface area contributed by atoms with Crippen molar-refractivity contribution in [1.29, 1.82) is 0 Å². The van der Waals surface area contributed by atoms with Crippen molar-refractivity contribution in [3.63, 3.8) is 0 Å². The quantitative estimate of drug-likeness (QED) is 0.213. The molecule has 4 atom stereocenters. The van der Waals surface area contributed by atoms with E-state index in [9.17, 15) is 14.4 Å².